The van der Waals surface area contributed by atoms with E-state index in [2.05, 4.69) is 19.1 Å². The SMILES string of the molecule is Cc1cc(Cl)cc2c1C(=C1CCN(C(=O)Cc3ccccc3O)CC1)c1ncccc1CC2. The van der Waals surface area contributed by atoms with Crippen LogP contribution in [0.4, 0.5) is 0 Å². The second kappa shape index (κ2) is 9.03. The summed E-state index contributed by atoms with van der Waals surface area (Å²) in [6, 6.07) is 15.4. The maximum atomic E-state index is 12.9. The van der Waals surface area contributed by atoms with Gasteiger partial charge in [-0.2, -0.15) is 0 Å². The molecule has 1 fully saturated rings. The molecule has 168 valence electrons. The lowest BCUT2D eigenvalue weighted by Crippen LogP contribution is -2.37. The maximum absolute atomic E-state index is 12.9. The van der Waals surface area contributed by atoms with Gasteiger partial charge in [0.1, 0.15) is 5.75 Å². The van der Waals surface area contributed by atoms with Crippen LogP contribution in [-0.2, 0) is 24.1 Å². The Morgan fingerprint density at radius 3 is 2.58 bits per heavy atom. The minimum absolute atomic E-state index is 0.0586. The molecular weight excluding hydrogens is 432 g/mol. The average Bonchev–Trinajstić information content (AvgIpc) is 2.98. The highest BCUT2D eigenvalue weighted by Crippen LogP contribution is 2.40. The fourth-order valence-corrected chi connectivity index (χ4v) is 5.47. The summed E-state index contributed by atoms with van der Waals surface area (Å²) in [5, 5.41) is 10.8. The molecule has 33 heavy (non-hydrogen) atoms. The number of piperidine rings is 1. The van der Waals surface area contributed by atoms with Gasteiger partial charge >= 0.3 is 0 Å². The minimum atomic E-state index is 0.0586. The molecule has 0 radical (unpaired) electrons. The summed E-state index contributed by atoms with van der Waals surface area (Å²) in [5.41, 5.74) is 9.33. The first-order chi connectivity index (χ1) is 16.0. The number of likely N-dealkylation sites (tertiary alicyclic amines) is 1. The Morgan fingerprint density at radius 1 is 1.03 bits per heavy atom. The van der Waals surface area contributed by atoms with Crippen molar-refractivity contribution in [3.05, 3.63) is 98.8 Å². The molecule has 3 aromatic rings. The maximum Gasteiger partial charge on any atom is 0.227 e. The van der Waals surface area contributed by atoms with Crippen molar-refractivity contribution in [2.75, 3.05) is 13.1 Å². The van der Waals surface area contributed by atoms with Crippen LogP contribution >= 0.6 is 11.6 Å². The number of carbonyl (C=O) groups is 1. The van der Waals surface area contributed by atoms with Gasteiger partial charge in [-0.25, -0.2) is 0 Å². The second-order valence-corrected chi connectivity index (χ2v) is 9.37. The fraction of sp³-hybridized carbons (Fsp3) is 0.286. The molecule has 1 N–H and O–H groups in total. The van der Waals surface area contributed by atoms with Crippen LogP contribution in [0.3, 0.4) is 0 Å². The van der Waals surface area contributed by atoms with Crippen molar-refractivity contribution in [2.45, 2.75) is 39.0 Å². The van der Waals surface area contributed by atoms with Crippen molar-refractivity contribution in [3.63, 3.8) is 0 Å². The summed E-state index contributed by atoms with van der Waals surface area (Å²) in [7, 11) is 0. The number of carbonyl (C=O) groups excluding carboxylic acids is 1. The molecule has 1 amide bonds. The van der Waals surface area contributed by atoms with E-state index in [0.29, 0.717) is 18.7 Å². The predicted octanol–water partition coefficient (Wildman–Crippen LogP) is 5.51. The Morgan fingerprint density at radius 2 is 1.79 bits per heavy atom. The van der Waals surface area contributed by atoms with Gasteiger partial charge in [0.05, 0.1) is 12.1 Å². The summed E-state index contributed by atoms with van der Waals surface area (Å²) < 4.78 is 0. The fourth-order valence-electron chi connectivity index (χ4n) is 5.18. The number of hydrogen-bond acceptors (Lipinski definition) is 3. The molecule has 2 aliphatic rings. The average molecular weight is 459 g/mol. The first-order valence-electron chi connectivity index (χ1n) is 11.5. The van der Waals surface area contributed by atoms with Crippen LogP contribution in [0.5, 0.6) is 5.75 Å². The number of aryl methyl sites for hydroxylation is 3. The first-order valence-corrected chi connectivity index (χ1v) is 11.9. The molecule has 1 saturated heterocycles. The first kappa shape index (κ1) is 21.7. The van der Waals surface area contributed by atoms with Gasteiger partial charge < -0.3 is 10.0 Å². The van der Waals surface area contributed by atoms with Crippen molar-refractivity contribution in [2.24, 2.45) is 0 Å². The zero-order chi connectivity index (χ0) is 22.9. The van der Waals surface area contributed by atoms with E-state index in [1.54, 1.807) is 12.1 Å². The molecule has 5 rings (SSSR count). The van der Waals surface area contributed by atoms with Gasteiger partial charge in [-0.05, 0) is 79.1 Å². The van der Waals surface area contributed by atoms with Crippen LogP contribution in [0.1, 0.15) is 46.4 Å². The third-order valence-electron chi connectivity index (χ3n) is 6.83. The Bertz CT molecular complexity index is 1250. The zero-order valence-corrected chi connectivity index (χ0v) is 19.5. The van der Waals surface area contributed by atoms with Crippen molar-refractivity contribution in [1.82, 2.24) is 9.88 Å². The largest absolute Gasteiger partial charge is 0.508 e. The molecule has 5 heteroatoms. The van der Waals surface area contributed by atoms with Crippen LogP contribution in [0, 0.1) is 6.92 Å². The smallest absolute Gasteiger partial charge is 0.227 e. The number of phenols is 1. The molecule has 2 heterocycles. The molecule has 0 spiro atoms. The van der Waals surface area contributed by atoms with E-state index >= 15 is 0 Å². The Balaban J connectivity index is 1.47. The number of amides is 1. The standard InChI is InChI=1S/C28H27ClN2O2/c1-18-15-23(29)16-22-9-8-20-6-4-12-30-28(20)27(26(18)22)19-10-13-31(14-11-19)25(33)17-21-5-2-3-7-24(21)32/h2-7,12,15-16,32H,8-11,13-14,17H2,1H3. The molecule has 1 aromatic heterocycles. The highest BCUT2D eigenvalue weighted by molar-refractivity contribution is 6.30. The third kappa shape index (κ3) is 4.28. The number of rotatable bonds is 2. The molecule has 0 saturated carbocycles. The normalized spacial score (nSPS) is 15.6. The number of pyridine rings is 1. The van der Waals surface area contributed by atoms with Crippen molar-refractivity contribution in [1.29, 1.82) is 0 Å². The third-order valence-corrected chi connectivity index (χ3v) is 7.05. The summed E-state index contributed by atoms with van der Waals surface area (Å²) in [4.78, 5) is 19.7. The van der Waals surface area contributed by atoms with Gasteiger partial charge in [-0.1, -0.05) is 41.4 Å². The Kier molecular flexibility index (Phi) is 5.94. The highest BCUT2D eigenvalue weighted by atomic mass is 35.5. The van der Waals surface area contributed by atoms with Crippen molar-refractivity contribution < 1.29 is 9.90 Å². The van der Waals surface area contributed by atoms with Gasteiger partial charge in [0.2, 0.25) is 5.91 Å². The number of halogens is 1. The van der Waals surface area contributed by atoms with Crippen LogP contribution in [0.2, 0.25) is 5.02 Å². The van der Waals surface area contributed by atoms with Gasteiger partial charge in [0.25, 0.3) is 0 Å². The number of para-hydroxylation sites is 1. The van der Waals surface area contributed by atoms with E-state index in [0.717, 1.165) is 36.4 Å². The Labute approximate surface area is 199 Å². The summed E-state index contributed by atoms with van der Waals surface area (Å²) in [6.45, 7) is 3.48. The lowest BCUT2D eigenvalue weighted by atomic mass is 9.86. The molecule has 1 aliphatic carbocycles. The quantitative estimate of drug-likeness (QED) is 0.550. The van der Waals surface area contributed by atoms with E-state index in [4.69, 9.17) is 16.6 Å². The number of nitrogens with zero attached hydrogens (tertiary/aromatic N) is 2. The van der Waals surface area contributed by atoms with Gasteiger partial charge in [0, 0.05) is 35.4 Å². The lowest BCUT2D eigenvalue weighted by Gasteiger charge is -2.31. The van der Waals surface area contributed by atoms with Gasteiger partial charge in [-0.15, -0.1) is 0 Å². The summed E-state index contributed by atoms with van der Waals surface area (Å²) in [6.07, 6.45) is 5.62. The van der Waals surface area contributed by atoms with Gasteiger partial charge in [-0.3, -0.25) is 9.78 Å². The predicted molar refractivity (Wildman–Crippen MR) is 131 cm³/mol. The monoisotopic (exact) mass is 458 g/mol. The van der Waals surface area contributed by atoms with Crippen LogP contribution in [0.25, 0.3) is 5.57 Å². The topological polar surface area (TPSA) is 53.4 Å². The lowest BCUT2D eigenvalue weighted by molar-refractivity contribution is -0.130. The molecule has 0 atom stereocenters. The van der Waals surface area contributed by atoms with E-state index in [1.807, 2.05) is 35.4 Å². The molecule has 0 unspecified atom stereocenters. The number of hydrogen-bond donors (Lipinski definition) is 1. The number of aromatic nitrogens is 1. The Hall–Kier alpha value is -3.11. The summed E-state index contributed by atoms with van der Waals surface area (Å²) in [5.74, 6) is 0.237. The van der Waals surface area contributed by atoms with Crippen molar-refractivity contribution in [3.8, 4) is 5.75 Å². The zero-order valence-electron chi connectivity index (χ0n) is 18.8. The van der Waals surface area contributed by atoms with E-state index in [1.165, 1.54) is 33.4 Å². The highest BCUT2D eigenvalue weighted by Gasteiger charge is 2.27. The van der Waals surface area contributed by atoms with E-state index in [-0.39, 0.29) is 18.1 Å². The number of fused-ring (bicyclic) bond motifs is 2. The summed E-state index contributed by atoms with van der Waals surface area (Å²) >= 11 is 6.42. The second-order valence-electron chi connectivity index (χ2n) is 8.93. The number of aromatic hydroxyl groups is 1. The molecule has 2 aromatic carbocycles. The number of benzene rings is 2. The van der Waals surface area contributed by atoms with Crippen LogP contribution < -0.4 is 0 Å². The minimum Gasteiger partial charge on any atom is -0.508 e. The van der Waals surface area contributed by atoms with Gasteiger partial charge in [0.15, 0.2) is 0 Å². The van der Waals surface area contributed by atoms with Crippen molar-refractivity contribution >= 4 is 23.1 Å². The van der Waals surface area contributed by atoms with E-state index in [9.17, 15) is 9.90 Å². The van der Waals surface area contributed by atoms with Crippen LogP contribution in [0.15, 0.2) is 60.3 Å². The molecule has 4 nitrogen and oxygen atoms in total. The van der Waals surface area contributed by atoms with Crippen LogP contribution in [-0.4, -0.2) is 34.0 Å². The molecule has 1 aliphatic heterocycles. The number of phenolic OH excluding ortho intramolecular Hbond substituents is 1. The molecular formula is C28H27ClN2O2. The van der Waals surface area contributed by atoms with E-state index < -0.39 is 0 Å². The molecule has 0 bridgehead atoms.